The maximum Gasteiger partial charge on any atom is 0.115 e. The number of aromatic hydroxyl groups is 1. The molecule has 0 aromatic heterocycles. The summed E-state index contributed by atoms with van der Waals surface area (Å²) in [7, 11) is 0. The third kappa shape index (κ3) is 6.52. The number of unbranched alkanes of at least 4 members (excludes halogenated alkanes) is 1. The minimum Gasteiger partial charge on any atom is -0.508 e. The van der Waals surface area contributed by atoms with E-state index in [4.69, 9.17) is 0 Å². The highest BCUT2D eigenvalue weighted by molar-refractivity contribution is 5.28. The van der Waals surface area contributed by atoms with Crippen molar-refractivity contribution in [1.29, 1.82) is 0 Å². The van der Waals surface area contributed by atoms with Gasteiger partial charge in [0.2, 0.25) is 0 Å². The molecule has 2 nitrogen and oxygen atoms in total. The van der Waals surface area contributed by atoms with Crippen LogP contribution in [0.25, 0.3) is 0 Å². The molecule has 120 valence electrons. The summed E-state index contributed by atoms with van der Waals surface area (Å²) in [5.41, 5.74) is 1.66. The van der Waals surface area contributed by atoms with Crippen molar-refractivity contribution in [2.45, 2.75) is 72.3 Å². The summed E-state index contributed by atoms with van der Waals surface area (Å²) in [5, 5.41) is 13.4. The van der Waals surface area contributed by atoms with Gasteiger partial charge in [0.25, 0.3) is 0 Å². The Kier molecular flexibility index (Phi) is 6.73. The van der Waals surface area contributed by atoms with Gasteiger partial charge < -0.3 is 10.4 Å². The van der Waals surface area contributed by atoms with Crippen LogP contribution in [-0.2, 0) is 6.42 Å². The van der Waals surface area contributed by atoms with Crippen molar-refractivity contribution in [2.24, 2.45) is 5.41 Å². The number of phenols is 1. The summed E-state index contributed by atoms with van der Waals surface area (Å²) in [5.74, 6) is 0.372. The fourth-order valence-corrected chi connectivity index (χ4v) is 2.77. The lowest BCUT2D eigenvalue weighted by atomic mass is 9.74. The van der Waals surface area contributed by atoms with E-state index in [-0.39, 0.29) is 11.0 Å². The summed E-state index contributed by atoms with van der Waals surface area (Å²) in [6.07, 6.45) is 5.92. The van der Waals surface area contributed by atoms with Gasteiger partial charge >= 0.3 is 0 Å². The molecule has 0 heterocycles. The molecule has 1 unspecified atom stereocenters. The van der Waals surface area contributed by atoms with Gasteiger partial charge in [0.05, 0.1) is 0 Å². The van der Waals surface area contributed by atoms with Crippen molar-refractivity contribution >= 4 is 0 Å². The first-order valence-electron chi connectivity index (χ1n) is 8.33. The van der Waals surface area contributed by atoms with E-state index in [0.717, 1.165) is 19.4 Å². The molecule has 0 bridgehead atoms. The van der Waals surface area contributed by atoms with Crippen LogP contribution in [-0.4, -0.2) is 17.2 Å². The van der Waals surface area contributed by atoms with Crippen LogP contribution in [0.2, 0.25) is 0 Å². The van der Waals surface area contributed by atoms with Crippen molar-refractivity contribution in [1.82, 2.24) is 5.32 Å². The Morgan fingerprint density at radius 3 is 2.38 bits per heavy atom. The molecular weight excluding hydrogens is 258 g/mol. The van der Waals surface area contributed by atoms with Crippen LogP contribution >= 0.6 is 0 Å². The van der Waals surface area contributed by atoms with Gasteiger partial charge in [-0.2, -0.15) is 0 Å². The zero-order chi connectivity index (χ0) is 15.9. The fourth-order valence-electron chi connectivity index (χ4n) is 2.77. The van der Waals surface area contributed by atoms with Crippen LogP contribution < -0.4 is 5.32 Å². The molecule has 0 spiro atoms. The number of phenolic OH excluding ortho intramolecular Hbond substituents is 1. The second-order valence-electron chi connectivity index (χ2n) is 7.41. The quantitative estimate of drug-likeness (QED) is 0.713. The molecule has 1 atom stereocenters. The SMILES string of the molecule is CCCCC(CC)(CNC(C)(C)C)Cc1cccc(O)c1. The number of nitrogens with one attached hydrogen (secondary N) is 1. The van der Waals surface area contributed by atoms with Crippen LogP contribution in [0.1, 0.15) is 65.9 Å². The van der Waals surface area contributed by atoms with Crippen molar-refractivity contribution in [3.63, 3.8) is 0 Å². The van der Waals surface area contributed by atoms with E-state index in [0.29, 0.717) is 5.75 Å². The number of hydrogen-bond donors (Lipinski definition) is 2. The molecule has 1 rings (SSSR count). The third-order valence-electron chi connectivity index (χ3n) is 4.29. The molecule has 1 aromatic rings. The van der Waals surface area contributed by atoms with Crippen LogP contribution in [0.5, 0.6) is 5.75 Å². The van der Waals surface area contributed by atoms with Gasteiger partial charge in [0.1, 0.15) is 5.75 Å². The van der Waals surface area contributed by atoms with Gasteiger partial charge in [-0.05, 0) is 63.1 Å². The van der Waals surface area contributed by atoms with E-state index < -0.39 is 0 Å². The van der Waals surface area contributed by atoms with Gasteiger partial charge in [-0.3, -0.25) is 0 Å². The van der Waals surface area contributed by atoms with Gasteiger partial charge in [0.15, 0.2) is 0 Å². The fraction of sp³-hybridized carbons (Fsp3) is 0.684. The summed E-state index contributed by atoms with van der Waals surface area (Å²) in [6, 6.07) is 7.74. The second-order valence-corrected chi connectivity index (χ2v) is 7.41. The van der Waals surface area contributed by atoms with E-state index in [1.165, 1.54) is 24.8 Å². The second kappa shape index (κ2) is 7.84. The predicted molar refractivity (Wildman–Crippen MR) is 91.8 cm³/mol. The van der Waals surface area contributed by atoms with Crippen LogP contribution in [0.4, 0.5) is 0 Å². The molecular formula is C19H33NO. The Hall–Kier alpha value is -1.02. The summed E-state index contributed by atoms with van der Waals surface area (Å²) < 4.78 is 0. The molecule has 2 heteroatoms. The minimum atomic E-state index is 0.144. The molecule has 0 aliphatic heterocycles. The number of benzene rings is 1. The minimum absolute atomic E-state index is 0.144. The lowest BCUT2D eigenvalue weighted by Crippen LogP contribution is -2.44. The van der Waals surface area contributed by atoms with Crippen molar-refractivity contribution in [2.75, 3.05) is 6.54 Å². The van der Waals surface area contributed by atoms with Crippen LogP contribution in [0.3, 0.4) is 0 Å². The first kappa shape index (κ1) is 18.0. The molecule has 0 aliphatic rings. The van der Waals surface area contributed by atoms with E-state index in [9.17, 15) is 5.11 Å². The Bertz CT molecular complexity index is 422. The average molecular weight is 291 g/mol. The molecule has 2 N–H and O–H groups in total. The van der Waals surface area contributed by atoms with Gasteiger partial charge in [-0.1, -0.05) is 38.8 Å². The topological polar surface area (TPSA) is 32.3 Å². The van der Waals surface area contributed by atoms with Crippen molar-refractivity contribution in [3.8, 4) is 5.75 Å². The molecule has 0 amide bonds. The van der Waals surface area contributed by atoms with Gasteiger partial charge in [0, 0.05) is 12.1 Å². The predicted octanol–water partition coefficient (Wildman–Crippen LogP) is 4.91. The smallest absolute Gasteiger partial charge is 0.115 e. The highest BCUT2D eigenvalue weighted by atomic mass is 16.3. The zero-order valence-electron chi connectivity index (χ0n) is 14.5. The van der Waals surface area contributed by atoms with Gasteiger partial charge in [-0.15, -0.1) is 0 Å². The Morgan fingerprint density at radius 2 is 1.86 bits per heavy atom. The Morgan fingerprint density at radius 1 is 1.14 bits per heavy atom. The summed E-state index contributed by atoms with van der Waals surface area (Å²) >= 11 is 0. The summed E-state index contributed by atoms with van der Waals surface area (Å²) in [4.78, 5) is 0. The maximum atomic E-state index is 9.70. The first-order valence-corrected chi connectivity index (χ1v) is 8.33. The highest BCUT2D eigenvalue weighted by Crippen LogP contribution is 2.33. The van der Waals surface area contributed by atoms with E-state index >= 15 is 0 Å². The third-order valence-corrected chi connectivity index (χ3v) is 4.29. The first-order chi connectivity index (χ1) is 9.80. The van der Waals surface area contributed by atoms with E-state index in [1.807, 2.05) is 12.1 Å². The van der Waals surface area contributed by atoms with Crippen molar-refractivity contribution in [3.05, 3.63) is 29.8 Å². The van der Waals surface area contributed by atoms with Crippen LogP contribution in [0, 0.1) is 5.41 Å². The maximum absolute atomic E-state index is 9.70. The largest absolute Gasteiger partial charge is 0.508 e. The normalized spacial score (nSPS) is 14.9. The monoisotopic (exact) mass is 291 g/mol. The number of rotatable bonds is 8. The Labute approximate surface area is 131 Å². The lowest BCUT2D eigenvalue weighted by molar-refractivity contribution is 0.206. The molecule has 0 radical (unpaired) electrons. The zero-order valence-corrected chi connectivity index (χ0v) is 14.5. The van der Waals surface area contributed by atoms with Gasteiger partial charge in [-0.25, -0.2) is 0 Å². The molecule has 0 aliphatic carbocycles. The molecule has 1 aromatic carbocycles. The van der Waals surface area contributed by atoms with Crippen LogP contribution in [0.15, 0.2) is 24.3 Å². The Balaban J connectivity index is 2.88. The van der Waals surface area contributed by atoms with E-state index in [2.05, 4.69) is 46.0 Å². The molecule has 21 heavy (non-hydrogen) atoms. The molecule has 0 saturated heterocycles. The van der Waals surface area contributed by atoms with Crippen molar-refractivity contribution < 1.29 is 5.11 Å². The molecule has 0 fully saturated rings. The lowest BCUT2D eigenvalue weighted by Gasteiger charge is -2.36. The average Bonchev–Trinajstić information content (AvgIpc) is 2.41. The molecule has 0 saturated carbocycles. The number of hydrogen-bond acceptors (Lipinski definition) is 2. The highest BCUT2D eigenvalue weighted by Gasteiger charge is 2.29. The van der Waals surface area contributed by atoms with E-state index in [1.54, 1.807) is 6.07 Å². The standard InChI is InChI=1S/C19H33NO/c1-6-8-12-19(7-2,15-20-18(3,4)5)14-16-10-9-11-17(21)13-16/h9-11,13,20-21H,6-8,12,14-15H2,1-5H3. The summed E-state index contributed by atoms with van der Waals surface area (Å²) in [6.45, 7) is 12.3.